The van der Waals surface area contributed by atoms with Crippen molar-refractivity contribution >= 4 is 23.4 Å². The number of hydrogen-bond acceptors (Lipinski definition) is 4. The Labute approximate surface area is 194 Å². The first-order valence-electron chi connectivity index (χ1n) is 11.8. The Bertz CT molecular complexity index is 1090. The maximum atomic E-state index is 13.6. The third kappa shape index (κ3) is 4.14. The monoisotopic (exact) mass is 451 g/mol. The Kier molecular flexibility index (Phi) is 6.28. The summed E-state index contributed by atoms with van der Waals surface area (Å²) in [5.41, 5.74) is 2.00. The van der Waals surface area contributed by atoms with Crippen molar-refractivity contribution < 1.29 is 14.4 Å². The predicted molar refractivity (Wildman–Crippen MR) is 126 cm³/mol. The molecule has 1 atom stereocenters. The molecule has 176 valence electrons. The Morgan fingerprint density at radius 2 is 1.94 bits per heavy atom. The summed E-state index contributed by atoms with van der Waals surface area (Å²) in [6.07, 6.45) is 6.38. The molecule has 0 spiro atoms. The summed E-state index contributed by atoms with van der Waals surface area (Å²) in [6.45, 7) is 8.39. The highest BCUT2D eigenvalue weighted by Gasteiger charge is 2.48. The number of benzene rings is 1. The molecule has 0 unspecified atom stereocenters. The molecule has 33 heavy (non-hydrogen) atoms. The van der Waals surface area contributed by atoms with E-state index in [0.29, 0.717) is 18.7 Å². The Morgan fingerprint density at radius 1 is 1.21 bits per heavy atom. The molecule has 8 heteroatoms. The second-order valence-electron chi connectivity index (χ2n) is 9.46. The van der Waals surface area contributed by atoms with Crippen LogP contribution in [0, 0.1) is 13.8 Å². The van der Waals surface area contributed by atoms with Crippen LogP contribution in [0.15, 0.2) is 24.5 Å². The summed E-state index contributed by atoms with van der Waals surface area (Å²) >= 11 is 0. The zero-order chi connectivity index (χ0) is 23.8. The van der Waals surface area contributed by atoms with Gasteiger partial charge in [-0.1, -0.05) is 31.9 Å². The second-order valence-corrected chi connectivity index (χ2v) is 9.46. The Hall–Kier alpha value is -3.16. The van der Waals surface area contributed by atoms with Crippen LogP contribution in [0.5, 0.6) is 0 Å². The first kappa shape index (κ1) is 23.0. The van der Waals surface area contributed by atoms with Gasteiger partial charge in [-0.3, -0.25) is 14.4 Å². The fraction of sp³-hybridized carbons (Fsp3) is 0.520. The van der Waals surface area contributed by atoms with Crippen molar-refractivity contribution in [3.63, 3.8) is 0 Å². The zero-order valence-electron chi connectivity index (χ0n) is 19.9. The number of rotatable bonds is 6. The van der Waals surface area contributed by atoms with Gasteiger partial charge >= 0.3 is 0 Å². The molecule has 2 heterocycles. The van der Waals surface area contributed by atoms with E-state index in [0.717, 1.165) is 36.8 Å². The minimum absolute atomic E-state index is 0.0836. The summed E-state index contributed by atoms with van der Waals surface area (Å²) in [5.74, 6) is -0.908. The smallest absolute Gasteiger partial charge is 0.276 e. The van der Waals surface area contributed by atoms with Gasteiger partial charge in [0.15, 0.2) is 5.69 Å². The van der Waals surface area contributed by atoms with Crippen molar-refractivity contribution in [3.05, 3.63) is 47.0 Å². The fourth-order valence-electron chi connectivity index (χ4n) is 4.91. The lowest BCUT2D eigenvalue weighted by Crippen LogP contribution is -2.65. The zero-order valence-corrected chi connectivity index (χ0v) is 19.9. The minimum Gasteiger partial charge on any atom is -0.351 e. The highest BCUT2D eigenvalue weighted by molar-refractivity contribution is 6.11. The van der Waals surface area contributed by atoms with Gasteiger partial charge < -0.3 is 20.1 Å². The maximum Gasteiger partial charge on any atom is 0.276 e. The number of fused-ring (bicyclic) bond motifs is 1. The first-order valence-corrected chi connectivity index (χ1v) is 11.8. The van der Waals surface area contributed by atoms with Crippen LogP contribution in [-0.4, -0.2) is 50.3 Å². The van der Waals surface area contributed by atoms with Crippen LogP contribution in [0.2, 0.25) is 0 Å². The van der Waals surface area contributed by atoms with Gasteiger partial charge in [-0.05, 0) is 57.2 Å². The average molecular weight is 452 g/mol. The molecule has 0 saturated heterocycles. The van der Waals surface area contributed by atoms with Crippen LogP contribution in [0.4, 0.5) is 5.69 Å². The van der Waals surface area contributed by atoms with E-state index in [1.54, 1.807) is 9.47 Å². The van der Waals surface area contributed by atoms with Gasteiger partial charge in [0, 0.05) is 18.3 Å². The Morgan fingerprint density at radius 3 is 2.64 bits per heavy atom. The van der Waals surface area contributed by atoms with E-state index in [1.165, 1.54) is 6.33 Å². The predicted octanol–water partition coefficient (Wildman–Crippen LogP) is 3.44. The largest absolute Gasteiger partial charge is 0.351 e. The van der Waals surface area contributed by atoms with Gasteiger partial charge in [-0.2, -0.15) is 0 Å². The number of anilines is 1. The van der Waals surface area contributed by atoms with Crippen molar-refractivity contribution in [1.82, 2.24) is 19.8 Å². The number of nitrogens with one attached hydrogen (secondary N) is 2. The van der Waals surface area contributed by atoms with Crippen LogP contribution in [0.1, 0.15) is 78.1 Å². The molecular formula is C25H33N5O3. The molecule has 0 bridgehead atoms. The lowest BCUT2D eigenvalue weighted by Gasteiger charge is -2.44. The molecule has 0 radical (unpaired) electrons. The van der Waals surface area contributed by atoms with Gasteiger partial charge in [-0.25, -0.2) is 4.98 Å². The second kappa shape index (κ2) is 9.00. The van der Waals surface area contributed by atoms with Crippen molar-refractivity contribution in [2.45, 2.75) is 77.9 Å². The topological polar surface area (TPSA) is 96.3 Å². The standard InChI is InChI=1S/C25H33N5O3/c1-5-13-30-23(32)21-20(22(31)28-19-12-8-9-16(2)17(19)3)26-15-29(21)14-25(30,4)24(33)27-18-10-6-7-11-18/h8-9,12,15,18H,5-7,10-11,13-14H2,1-4H3,(H,27,33)(H,28,31)/t25-/m0/s1. The normalized spacial score (nSPS) is 20.6. The maximum absolute atomic E-state index is 13.6. The van der Waals surface area contributed by atoms with Gasteiger partial charge in [-0.15, -0.1) is 0 Å². The third-order valence-electron chi connectivity index (χ3n) is 7.05. The van der Waals surface area contributed by atoms with Crippen molar-refractivity contribution in [2.24, 2.45) is 0 Å². The van der Waals surface area contributed by atoms with Crippen LogP contribution in [0.3, 0.4) is 0 Å². The summed E-state index contributed by atoms with van der Waals surface area (Å²) < 4.78 is 1.65. The highest BCUT2D eigenvalue weighted by Crippen LogP contribution is 2.30. The molecule has 1 fully saturated rings. The van der Waals surface area contributed by atoms with Gasteiger partial charge in [0.2, 0.25) is 5.91 Å². The van der Waals surface area contributed by atoms with Gasteiger partial charge in [0.25, 0.3) is 11.8 Å². The molecule has 3 amide bonds. The average Bonchev–Trinajstić information content (AvgIpc) is 3.44. The molecule has 2 aromatic rings. The van der Waals surface area contributed by atoms with E-state index in [4.69, 9.17) is 0 Å². The lowest BCUT2D eigenvalue weighted by atomic mass is 9.93. The number of aryl methyl sites for hydroxylation is 1. The number of carbonyl (C=O) groups excluding carboxylic acids is 3. The van der Waals surface area contributed by atoms with Gasteiger partial charge in [0.05, 0.1) is 12.9 Å². The molecular weight excluding hydrogens is 418 g/mol. The molecule has 8 nitrogen and oxygen atoms in total. The number of hydrogen-bond donors (Lipinski definition) is 2. The van der Waals surface area contributed by atoms with E-state index in [9.17, 15) is 14.4 Å². The number of aromatic nitrogens is 2. The van der Waals surface area contributed by atoms with E-state index < -0.39 is 11.4 Å². The molecule has 4 rings (SSSR count). The van der Waals surface area contributed by atoms with Crippen LogP contribution in [0.25, 0.3) is 0 Å². The van der Waals surface area contributed by atoms with Crippen LogP contribution in [-0.2, 0) is 11.3 Å². The molecule has 1 aromatic heterocycles. The first-order chi connectivity index (χ1) is 15.8. The van der Waals surface area contributed by atoms with E-state index >= 15 is 0 Å². The molecule has 1 saturated carbocycles. The molecule has 1 aliphatic heterocycles. The summed E-state index contributed by atoms with van der Waals surface area (Å²) in [4.78, 5) is 46.0. The number of imidazole rings is 1. The number of amides is 3. The summed E-state index contributed by atoms with van der Waals surface area (Å²) in [5, 5.41) is 6.05. The van der Waals surface area contributed by atoms with Crippen molar-refractivity contribution in [1.29, 1.82) is 0 Å². The van der Waals surface area contributed by atoms with Crippen LogP contribution >= 0.6 is 0 Å². The summed E-state index contributed by atoms with van der Waals surface area (Å²) in [7, 11) is 0. The van der Waals surface area contributed by atoms with Crippen LogP contribution < -0.4 is 10.6 Å². The molecule has 2 aliphatic rings. The van der Waals surface area contributed by atoms with E-state index in [1.807, 2.05) is 45.9 Å². The summed E-state index contributed by atoms with van der Waals surface area (Å²) in [6, 6.07) is 5.85. The van der Waals surface area contributed by atoms with E-state index in [-0.39, 0.29) is 35.8 Å². The molecule has 1 aliphatic carbocycles. The molecule has 2 N–H and O–H groups in total. The quantitative estimate of drug-likeness (QED) is 0.703. The number of nitrogens with zero attached hydrogens (tertiary/aromatic N) is 3. The minimum atomic E-state index is -1.04. The van der Waals surface area contributed by atoms with E-state index in [2.05, 4.69) is 15.6 Å². The SMILES string of the molecule is CCCN1C(=O)c2c(C(=O)Nc3cccc(C)c3C)ncn2C[C@@]1(C)C(=O)NC1CCCC1. The van der Waals surface area contributed by atoms with Gasteiger partial charge in [0.1, 0.15) is 11.2 Å². The van der Waals surface area contributed by atoms with Crippen molar-refractivity contribution in [2.75, 3.05) is 11.9 Å². The Balaban J connectivity index is 1.63. The lowest BCUT2D eigenvalue weighted by molar-refractivity contribution is -0.133. The third-order valence-corrected chi connectivity index (χ3v) is 7.05. The van der Waals surface area contributed by atoms with Crippen molar-refractivity contribution in [3.8, 4) is 0 Å². The highest BCUT2D eigenvalue weighted by atomic mass is 16.2. The molecule has 1 aromatic carbocycles. The number of carbonyl (C=O) groups is 3. The fourth-order valence-corrected chi connectivity index (χ4v) is 4.91.